The van der Waals surface area contributed by atoms with Crippen molar-refractivity contribution in [3.05, 3.63) is 0 Å². The number of amides is 1. The molecule has 3 N–H and O–H groups in total. The average molecular weight is 286 g/mol. The Morgan fingerprint density at radius 3 is 2.35 bits per heavy atom. The highest BCUT2D eigenvalue weighted by molar-refractivity contribution is 5.79. The molecular weight excluding hydrogens is 260 g/mol. The second-order valence-electron chi connectivity index (χ2n) is 6.40. The lowest BCUT2D eigenvalue weighted by Crippen LogP contribution is -2.47. The first-order chi connectivity index (χ1) is 9.25. The van der Waals surface area contributed by atoms with Gasteiger partial charge in [-0.3, -0.25) is 9.59 Å². The second-order valence-corrected chi connectivity index (χ2v) is 6.40. The first-order valence-corrected chi connectivity index (χ1v) is 7.08. The van der Waals surface area contributed by atoms with Crippen molar-refractivity contribution in [3.63, 3.8) is 0 Å². The minimum absolute atomic E-state index is 0.0245. The summed E-state index contributed by atoms with van der Waals surface area (Å²) in [5.74, 6) is -0.970. The van der Waals surface area contributed by atoms with Gasteiger partial charge >= 0.3 is 5.97 Å². The molecule has 1 aliphatic heterocycles. The average Bonchev–Trinajstić information content (AvgIpc) is 2.36. The summed E-state index contributed by atoms with van der Waals surface area (Å²) in [6.45, 7) is 7.74. The summed E-state index contributed by atoms with van der Waals surface area (Å²) < 4.78 is 5.20. The lowest BCUT2D eigenvalue weighted by atomic mass is 9.80. The van der Waals surface area contributed by atoms with Crippen molar-refractivity contribution in [3.8, 4) is 0 Å². The second kappa shape index (κ2) is 7.04. The van der Waals surface area contributed by atoms with Crippen LogP contribution in [0, 0.1) is 5.41 Å². The first kappa shape index (κ1) is 16.9. The monoisotopic (exact) mass is 286 g/mol. The molecule has 116 valence electrons. The molecule has 6 heteroatoms. The number of rotatable bonds is 6. The molecule has 0 aromatic rings. The Labute approximate surface area is 120 Å². The number of carboxylic acids is 1. The molecule has 0 aliphatic carbocycles. The SMILES string of the molecule is CC(C)(C)NCCC(=O)NCC1(C(=O)O)CCOCC1. The van der Waals surface area contributed by atoms with Crippen LogP contribution in [0.25, 0.3) is 0 Å². The van der Waals surface area contributed by atoms with E-state index >= 15 is 0 Å². The smallest absolute Gasteiger partial charge is 0.311 e. The fourth-order valence-electron chi connectivity index (χ4n) is 2.14. The highest BCUT2D eigenvalue weighted by Gasteiger charge is 2.40. The molecule has 0 saturated carbocycles. The van der Waals surface area contributed by atoms with Crippen molar-refractivity contribution in [2.45, 2.75) is 45.6 Å². The fourth-order valence-corrected chi connectivity index (χ4v) is 2.14. The third-order valence-corrected chi connectivity index (χ3v) is 3.53. The number of hydrogen-bond donors (Lipinski definition) is 3. The van der Waals surface area contributed by atoms with Crippen LogP contribution >= 0.6 is 0 Å². The van der Waals surface area contributed by atoms with Gasteiger partial charge < -0.3 is 20.5 Å². The van der Waals surface area contributed by atoms with E-state index in [2.05, 4.69) is 10.6 Å². The van der Waals surface area contributed by atoms with Crippen LogP contribution < -0.4 is 10.6 Å². The summed E-state index contributed by atoms with van der Waals surface area (Å²) in [4.78, 5) is 23.2. The van der Waals surface area contributed by atoms with E-state index in [4.69, 9.17) is 4.74 Å². The molecule has 1 heterocycles. The van der Waals surface area contributed by atoms with Gasteiger partial charge in [-0.25, -0.2) is 0 Å². The number of carbonyl (C=O) groups is 2. The van der Waals surface area contributed by atoms with E-state index < -0.39 is 11.4 Å². The maximum Gasteiger partial charge on any atom is 0.311 e. The highest BCUT2D eigenvalue weighted by atomic mass is 16.5. The van der Waals surface area contributed by atoms with Gasteiger partial charge in [-0.2, -0.15) is 0 Å². The van der Waals surface area contributed by atoms with Gasteiger partial charge in [0.2, 0.25) is 5.91 Å². The molecular formula is C14H26N2O4. The summed E-state index contributed by atoms with van der Waals surface area (Å²) in [5.41, 5.74) is -0.894. The van der Waals surface area contributed by atoms with E-state index in [1.165, 1.54) is 0 Å². The molecule has 1 amide bonds. The van der Waals surface area contributed by atoms with Gasteiger partial charge in [0.25, 0.3) is 0 Å². The van der Waals surface area contributed by atoms with Crippen molar-refractivity contribution in [1.29, 1.82) is 0 Å². The lowest BCUT2D eigenvalue weighted by molar-refractivity contribution is -0.154. The third kappa shape index (κ3) is 5.46. The summed E-state index contributed by atoms with van der Waals surface area (Å²) in [6.07, 6.45) is 1.25. The number of aliphatic carboxylic acids is 1. The van der Waals surface area contributed by atoms with Crippen molar-refractivity contribution in [1.82, 2.24) is 10.6 Å². The quantitative estimate of drug-likeness (QED) is 0.671. The molecule has 0 unspecified atom stereocenters. The van der Waals surface area contributed by atoms with Crippen LogP contribution in [-0.2, 0) is 14.3 Å². The minimum Gasteiger partial charge on any atom is -0.481 e. The summed E-state index contributed by atoms with van der Waals surface area (Å²) in [5, 5.41) is 15.3. The molecule has 0 aromatic heterocycles. The van der Waals surface area contributed by atoms with Crippen LogP contribution in [-0.4, -0.2) is 48.8 Å². The zero-order valence-corrected chi connectivity index (χ0v) is 12.6. The van der Waals surface area contributed by atoms with Crippen molar-refractivity contribution in [2.24, 2.45) is 5.41 Å². The maximum atomic E-state index is 11.8. The largest absolute Gasteiger partial charge is 0.481 e. The molecule has 20 heavy (non-hydrogen) atoms. The van der Waals surface area contributed by atoms with Crippen LogP contribution in [0.15, 0.2) is 0 Å². The number of hydrogen-bond acceptors (Lipinski definition) is 4. The minimum atomic E-state index is -0.870. The highest BCUT2D eigenvalue weighted by Crippen LogP contribution is 2.30. The summed E-state index contributed by atoms with van der Waals surface area (Å²) in [6, 6.07) is 0. The van der Waals surface area contributed by atoms with E-state index in [-0.39, 0.29) is 18.0 Å². The zero-order chi connectivity index (χ0) is 15.2. The zero-order valence-electron chi connectivity index (χ0n) is 12.6. The van der Waals surface area contributed by atoms with Gasteiger partial charge in [-0.05, 0) is 33.6 Å². The fraction of sp³-hybridized carbons (Fsp3) is 0.857. The van der Waals surface area contributed by atoms with Gasteiger partial charge in [0, 0.05) is 38.3 Å². The molecule has 1 fully saturated rings. The van der Waals surface area contributed by atoms with Gasteiger partial charge in [0.05, 0.1) is 5.41 Å². The topological polar surface area (TPSA) is 87.7 Å². The molecule has 1 saturated heterocycles. The molecule has 0 spiro atoms. The number of nitrogens with one attached hydrogen (secondary N) is 2. The molecule has 0 atom stereocenters. The van der Waals surface area contributed by atoms with Gasteiger partial charge in [-0.15, -0.1) is 0 Å². The Kier molecular flexibility index (Phi) is 5.95. The predicted octanol–water partition coefficient (Wildman–Crippen LogP) is 0.762. The predicted molar refractivity (Wildman–Crippen MR) is 75.5 cm³/mol. The Hall–Kier alpha value is -1.14. The van der Waals surface area contributed by atoms with Crippen LogP contribution in [0.2, 0.25) is 0 Å². The van der Waals surface area contributed by atoms with Crippen LogP contribution in [0.1, 0.15) is 40.0 Å². The van der Waals surface area contributed by atoms with Gasteiger partial charge in [-0.1, -0.05) is 0 Å². The van der Waals surface area contributed by atoms with E-state index in [0.717, 1.165) is 0 Å². The van der Waals surface area contributed by atoms with Crippen molar-refractivity contribution >= 4 is 11.9 Å². The molecule has 0 radical (unpaired) electrons. The number of carbonyl (C=O) groups excluding carboxylic acids is 1. The van der Waals surface area contributed by atoms with Crippen LogP contribution in [0.5, 0.6) is 0 Å². The standard InChI is InChI=1S/C14H26N2O4/c1-13(2,3)16-7-4-11(17)15-10-14(12(18)19)5-8-20-9-6-14/h16H,4-10H2,1-3H3,(H,15,17)(H,18,19). The third-order valence-electron chi connectivity index (χ3n) is 3.53. The maximum absolute atomic E-state index is 11.8. The van der Waals surface area contributed by atoms with E-state index in [9.17, 15) is 14.7 Å². The lowest BCUT2D eigenvalue weighted by Gasteiger charge is -2.33. The molecule has 1 rings (SSSR count). The molecule has 1 aliphatic rings. The van der Waals surface area contributed by atoms with Crippen molar-refractivity contribution in [2.75, 3.05) is 26.3 Å². The van der Waals surface area contributed by atoms with E-state index in [1.807, 2.05) is 20.8 Å². The number of ether oxygens (including phenoxy) is 1. The van der Waals surface area contributed by atoms with E-state index in [1.54, 1.807) is 0 Å². The van der Waals surface area contributed by atoms with Crippen molar-refractivity contribution < 1.29 is 19.4 Å². The summed E-state index contributed by atoms with van der Waals surface area (Å²) in [7, 11) is 0. The molecule has 0 bridgehead atoms. The Balaban J connectivity index is 2.36. The van der Waals surface area contributed by atoms with Gasteiger partial charge in [0.15, 0.2) is 0 Å². The summed E-state index contributed by atoms with van der Waals surface area (Å²) >= 11 is 0. The Bertz CT molecular complexity index is 344. The van der Waals surface area contributed by atoms with Gasteiger partial charge in [0.1, 0.15) is 0 Å². The van der Waals surface area contributed by atoms with E-state index in [0.29, 0.717) is 39.0 Å². The first-order valence-electron chi connectivity index (χ1n) is 7.08. The number of carboxylic acid groups (broad SMARTS) is 1. The molecule has 0 aromatic carbocycles. The van der Waals surface area contributed by atoms with Crippen LogP contribution in [0.3, 0.4) is 0 Å². The molecule has 6 nitrogen and oxygen atoms in total. The Morgan fingerprint density at radius 1 is 1.25 bits per heavy atom. The van der Waals surface area contributed by atoms with Crippen LogP contribution in [0.4, 0.5) is 0 Å². The normalized spacial score (nSPS) is 18.6. The Morgan fingerprint density at radius 2 is 1.85 bits per heavy atom.